The topological polar surface area (TPSA) is 18.5 Å². The van der Waals surface area contributed by atoms with Crippen LogP contribution >= 0.6 is 31.9 Å². The molecule has 2 fully saturated rings. The van der Waals surface area contributed by atoms with Gasteiger partial charge in [-0.1, -0.05) is 51.1 Å². The second-order valence-corrected chi connectivity index (χ2v) is 6.20. The van der Waals surface area contributed by atoms with Gasteiger partial charge in [-0.15, -0.1) is 0 Å². The zero-order chi connectivity index (χ0) is 10.0. The SMILES string of the molecule is Br[C@@H]1CCCCC[C@@H](Br)C12OCCO2. The molecule has 2 rings (SSSR count). The average Bonchev–Trinajstić information content (AvgIpc) is 2.65. The molecule has 0 unspecified atom stereocenters. The number of hydrogen-bond acceptors (Lipinski definition) is 2. The molecule has 1 heterocycles. The van der Waals surface area contributed by atoms with E-state index in [9.17, 15) is 0 Å². The first-order chi connectivity index (χ1) is 6.76. The zero-order valence-corrected chi connectivity index (χ0v) is 11.3. The number of hydrogen-bond donors (Lipinski definition) is 0. The summed E-state index contributed by atoms with van der Waals surface area (Å²) in [6.45, 7) is 1.45. The van der Waals surface area contributed by atoms with Gasteiger partial charge in [0.05, 0.1) is 22.9 Å². The van der Waals surface area contributed by atoms with E-state index in [1.807, 2.05) is 0 Å². The highest BCUT2D eigenvalue weighted by Crippen LogP contribution is 2.41. The van der Waals surface area contributed by atoms with Gasteiger partial charge in [0.1, 0.15) is 0 Å². The molecule has 2 nitrogen and oxygen atoms in total. The lowest BCUT2D eigenvalue weighted by atomic mass is 9.95. The lowest BCUT2D eigenvalue weighted by Crippen LogP contribution is -2.48. The van der Waals surface area contributed by atoms with E-state index in [1.165, 1.54) is 19.3 Å². The van der Waals surface area contributed by atoms with E-state index in [0.29, 0.717) is 9.65 Å². The van der Waals surface area contributed by atoms with Crippen LogP contribution in [-0.4, -0.2) is 28.7 Å². The minimum atomic E-state index is -0.402. The molecule has 14 heavy (non-hydrogen) atoms. The molecule has 2 aliphatic rings. The van der Waals surface area contributed by atoms with Crippen molar-refractivity contribution in [2.75, 3.05) is 13.2 Å². The standard InChI is InChI=1S/C10H16Br2O2/c11-8-4-2-1-3-5-9(12)10(8)13-6-7-14-10/h8-9H,1-7H2/t8-,9-/m1/s1. The quantitative estimate of drug-likeness (QED) is 0.636. The molecule has 0 radical (unpaired) electrons. The Hall–Kier alpha value is 0.880. The van der Waals surface area contributed by atoms with E-state index < -0.39 is 5.79 Å². The monoisotopic (exact) mass is 326 g/mol. The van der Waals surface area contributed by atoms with E-state index >= 15 is 0 Å². The van der Waals surface area contributed by atoms with E-state index in [0.717, 1.165) is 26.1 Å². The summed E-state index contributed by atoms with van der Waals surface area (Å²) >= 11 is 7.43. The van der Waals surface area contributed by atoms with Crippen molar-refractivity contribution in [1.82, 2.24) is 0 Å². The predicted octanol–water partition coefficient (Wildman–Crippen LogP) is 3.22. The van der Waals surface area contributed by atoms with Gasteiger partial charge in [-0.25, -0.2) is 0 Å². The van der Waals surface area contributed by atoms with Crippen LogP contribution in [0.25, 0.3) is 0 Å². The number of halogens is 2. The van der Waals surface area contributed by atoms with Crippen LogP contribution in [0.2, 0.25) is 0 Å². The molecule has 1 spiro atoms. The average molecular weight is 328 g/mol. The Morgan fingerprint density at radius 3 is 1.86 bits per heavy atom. The predicted molar refractivity (Wildman–Crippen MR) is 63.2 cm³/mol. The molecular weight excluding hydrogens is 312 g/mol. The summed E-state index contributed by atoms with van der Waals surface area (Å²) in [6.07, 6.45) is 6.14. The minimum absolute atomic E-state index is 0.321. The van der Waals surface area contributed by atoms with Gasteiger partial charge < -0.3 is 9.47 Å². The summed E-state index contributed by atoms with van der Waals surface area (Å²) in [7, 11) is 0. The summed E-state index contributed by atoms with van der Waals surface area (Å²) in [5.41, 5.74) is 0. The van der Waals surface area contributed by atoms with Crippen LogP contribution in [-0.2, 0) is 9.47 Å². The molecular formula is C10H16Br2O2. The summed E-state index contributed by atoms with van der Waals surface area (Å²) in [5, 5.41) is 0. The number of alkyl halides is 2. The van der Waals surface area contributed by atoms with E-state index in [2.05, 4.69) is 31.9 Å². The van der Waals surface area contributed by atoms with Gasteiger partial charge in [0, 0.05) is 0 Å². The summed E-state index contributed by atoms with van der Waals surface area (Å²) in [6, 6.07) is 0. The summed E-state index contributed by atoms with van der Waals surface area (Å²) in [5.74, 6) is -0.402. The van der Waals surface area contributed by atoms with Crippen molar-refractivity contribution >= 4 is 31.9 Å². The van der Waals surface area contributed by atoms with Crippen molar-refractivity contribution in [3.63, 3.8) is 0 Å². The first-order valence-electron chi connectivity index (χ1n) is 5.32. The Balaban J connectivity index is 2.13. The Morgan fingerprint density at radius 1 is 0.857 bits per heavy atom. The molecule has 4 heteroatoms. The van der Waals surface area contributed by atoms with Gasteiger partial charge in [0.25, 0.3) is 0 Å². The maximum absolute atomic E-state index is 5.83. The molecule has 0 aromatic rings. The second-order valence-electron chi connectivity index (χ2n) is 3.99. The number of ether oxygens (including phenoxy) is 2. The third kappa shape index (κ3) is 2.04. The second kappa shape index (κ2) is 4.81. The number of rotatable bonds is 0. The molecule has 0 amide bonds. The van der Waals surface area contributed by atoms with Crippen molar-refractivity contribution in [3.05, 3.63) is 0 Å². The summed E-state index contributed by atoms with van der Waals surface area (Å²) in [4.78, 5) is 0.643. The van der Waals surface area contributed by atoms with Crippen LogP contribution in [0.5, 0.6) is 0 Å². The van der Waals surface area contributed by atoms with Crippen LogP contribution < -0.4 is 0 Å². The molecule has 0 aromatic heterocycles. The van der Waals surface area contributed by atoms with E-state index in [4.69, 9.17) is 9.47 Å². The van der Waals surface area contributed by atoms with Gasteiger partial charge >= 0.3 is 0 Å². The molecule has 0 bridgehead atoms. The fraction of sp³-hybridized carbons (Fsp3) is 1.00. The fourth-order valence-electron chi connectivity index (χ4n) is 2.23. The summed E-state index contributed by atoms with van der Waals surface area (Å²) < 4.78 is 11.7. The Bertz CT molecular complexity index is 179. The van der Waals surface area contributed by atoms with E-state index in [-0.39, 0.29) is 0 Å². The highest BCUT2D eigenvalue weighted by atomic mass is 79.9. The third-order valence-corrected chi connectivity index (χ3v) is 5.22. The normalized spacial score (nSPS) is 38.1. The largest absolute Gasteiger partial charge is 0.345 e. The fourth-order valence-corrected chi connectivity index (χ4v) is 4.40. The Kier molecular flexibility index (Phi) is 3.91. The van der Waals surface area contributed by atoms with Crippen molar-refractivity contribution in [3.8, 4) is 0 Å². The minimum Gasteiger partial charge on any atom is -0.345 e. The molecule has 0 N–H and O–H groups in total. The van der Waals surface area contributed by atoms with Crippen molar-refractivity contribution in [2.45, 2.75) is 47.5 Å². The first-order valence-corrected chi connectivity index (χ1v) is 7.15. The van der Waals surface area contributed by atoms with Crippen LogP contribution in [0.4, 0.5) is 0 Å². The van der Waals surface area contributed by atoms with Crippen LogP contribution in [0.1, 0.15) is 32.1 Å². The first kappa shape index (κ1) is 11.4. The van der Waals surface area contributed by atoms with Gasteiger partial charge in [-0.05, 0) is 12.8 Å². The molecule has 1 aliphatic heterocycles. The van der Waals surface area contributed by atoms with Gasteiger partial charge in [0.2, 0.25) is 0 Å². The van der Waals surface area contributed by atoms with E-state index in [1.54, 1.807) is 0 Å². The Labute approximate surface area is 102 Å². The molecule has 1 aliphatic carbocycles. The van der Waals surface area contributed by atoms with Gasteiger partial charge in [0.15, 0.2) is 5.79 Å². The highest BCUT2D eigenvalue weighted by Gasteiger charge is 2.48. The zero-order valence-electron chi connectivity index (χ0n) is 8.18. The van der Waals surface area contributed by atoms with Crippen molar-refractivity contribution in [2.24, 2.45) is 0 Å². The molecule has 1 saturated heterocycles. The van der Waals surface area contributed by atoms with Crippen molar-refractivity contribution < 1.29 is 9.47 Å². The van der Waals surface area contributed by atoms with Gasteiger partial charge in [-0.3, -0.25) is 0 Å². The molecule has 2 atom stereocenters. The molecule has 1 saturated carbocycles. The lowest BCUT2D eigenvalue weighted by molar-refractivity contribution is -0.157. The molecule has 82 valence electrons. The maximum Gasteiger partial charge on any atom is 0.193 e. The molecule has 0 aromatic carbocycles. The third-order valence-electron chi connectivity index (χ3n) is 3.03. The highest BCUT2D eigenvalue weighted by molar-refractivity contribution is 9.10. The maximum atomic E-state index is 5.83. The van der Waals surface area contributed by atoms with Crippen LogP contribution in [0.15, 0.2) is 0 Å². The lowest BCUT2D eigenvalue weighted by Gasteiger charge is -2.38. The van der Waals surface area contributed by atoms with Crippen molar-refractivity contribution in [1.29, 1.82) is 0 Å². The van der Waals surface area contributed by atoms with Crippen LogP contribution in [0, 0.1) is 0 Å². The van der Waals surface area contributed by atoms with Crippen LogP contribution in [0.3, 0.4) is 0 Å². The Morgan fingerprint density at radius 2 is 1.36 bits per heavy atom. The van der Waals surface area contributed by atoms with Gasteiger partial charge in [-0.2, -0.15) is 0 Å². The smallest absolute Gasteiger partial charge is 0.193 e.